The van der Waals surface area contributed by atoms with Crippen molar-refractivity contribution in [2.75, 3.05) is 6.61 Å². The first kappa shape index (κ1) is 21.5. The summed E-state index contributed by atoms with van der Waals surface area (Å²) in [5.41, 5.74) is -4.20. The summed E-state index contributed by atoms with van der Waals surface area (Å²) in [7, 11) is 0. The van der Waals surface area contributed by atoms with Gasteiger partial charge in [-0.3, -0.25) is 0 Å². The normalized spacial score (nSPS) is 12.0. The van der Waals surface area contributed by atoms with Gasteiger partial charge >= 0.3 is 18.3 Å². The number of alkyl halides is 6. The van der Waals surface area contributed by atoms with Crippen molar-refractivity contribution in [1.29, 1.82) is 0 Å². The van der Waals surface area contributed by atoms with Gasteiger partial charge < -0.3 is 9.47 Å². The van der Waals surface area contributed by atoms with E-state index < -0.39 is 58.1 Å². The third-order valence-corrected chi connectivity index (χ3v) is 3.31. The molecule has 0 aliphatic rings. The lowest BCUT2D eigenvalue weighted by molar-refractivity contribution is -0.143. The molecule has 0 N–H and O–H groups in total. The molecule has 152 valence electrons. The Hall–Kier alpha value is -2.85. The van der Waals surface area contributed by atoms with E-state index in [4.69, 9.17) is 0 Å². The minimum Gasteiger partial charge on any atom is -0.462 e. The average molecular weight is 414 g/mol. The Labute approximate surface area is 152 Å². The molecule has 0 unspecified atom stereocenters. The van der Waals surface area contributed by atoms with Crippen LogP contribution in [-0.4, -0.2) is 12.6 Å². The minimum atomic E-state index is -5.14. The molecular formula is C17H10F8O3. The van der Waals surface area contributed by atoms with E-state index in [9.17, 15) is 39.9 Å². The van der Waals surface area contributed by atoms with Gasteiger partial charge in [0.05, 0.1) is 23.3 Å². The third-order valence-electron chi connectivity index (χ3n) is 3.31. The highest BCUT2D eigenvalue weighted by Gasteiger charge is 2.37. The standard InChI is InChI=1S/C17H10F8O3/c1-2-27-15(26)11-6-13(19)14(7-12(11)18)28-10-4-8(16(20,21)22)3-9(5-10)17(23,24)25/h3-7H,2H2,1H3. The number of carbonyl (C=O) groups is 1. The monoisotopic (exact) mass is 414 g/mol. The summed E-state index contributed by atoms with van der Waals surface area (Å²) < 4.78 is 114. The van der Waals surface area contributed by atoms with E-state index in [1.54, 1.807) is 0 Å². The fourth-order valence-electron chi connectivity index (χ4n) is 2.08. The van der Waals surface area contributed by atoms with E-state index in [1.165, 1.54) is 6.92 Å². The zero-order chi connectivity index (χ0) is 21.3. The van der Waals surface area contributed by atoms with Crippen molar-refractivity contribution in [3.05, 3.63) is 58.7 Å². The molecule has 0 aromatic heterocycles. The molecule has 0 fully saturated rings. The van der Waals surface area contributed by atoms with E-state index in [2.05, 4.69) is 9.47 Å². The molecule has 0 heterocycles. The lowest BCUT2D eigenvalue weighted by Gasteiger charge is -2.15. The van der Waals surface area contributed by atoms with Gasteiger partial charge in [0.25, 0.3) is 0 Å². The summed E-state index contributed by atoms with van der Waals surface area (Å²) in [5.74, 6) is -5.97. The van der Waals surface area contributed by atoms with Gasteiger partial charge in [-0.2, -0.15) is 26.3 Å². The lowest BCUT2D eigenvalue weighted by atomic mass is 10.1. The fourth-order valence-corrected chi connectivity index (χ4v) is 2.08. The number of rotatable bonds is 4. The van der Waals surface area contributed by atoms with Crippen LogP contribution in [0.4, 0.5) is 35.1 Å². The summed E-state index contributed by atoms with van der Waals surface area (Å²) >= 11 is 0. The predicted molar refractivity (Wildman–Crippen MR) is 78.8 cm³/mol. The van der Waals surface area contributed by atoms with Gasteiger partial charge in [0.15, 0.2) is 11.6 Å². The summed E-state index contributed by atoms with van der Waals surface area (Å²) in [6.45, 7) is 1.28. The molecule has 0 bridgehead atoms. The highest BCUT2D eigenvalue weighted by Crippen LogP contribution is 2.39. The van der Waals surface area contributed by atoms with Crippen LogP contribution in [0.2, 0.25) is 0 Å². The van der Waals surface area contributed by atoms with Crippen molar-refractivity contribution in [2.24, 2.45) is 0 Å². The highest BCUT2D eigenvalue weighted by atomic mass is 19.4. The minimum absolute atomic E-state index is 0.136. The van der Waals surface area contributed by atoms with Crippen molar-refractivity contribution in [2.45, 2.75) is 19.3 Å². The summed E-state index contributed by atoms with van der Waals surface area (Å²) in [5, 5.41) is 0. The van der Waals surface area contributed by atoms with Crippen molar-refractivity contribution < 1.29 is 49.4 Å². The average Bonchev–Trinajstić information content (AvgIpc) is 2.56. The molecule has 2 aromatic rings. The molecule has 0 saturated heterocycles. The SMILES string of the molecule is CCOC(=O)c1cc(F)c(Oc2cc(C(F)(F)F)cc(C(F)(F)F)c2)cc1F. The van der Waals surface area contributed by atoms with E-state index in [-0.39, 0.29) is 24.8 Å². The molecular weight excluding hydrogens is 404 g/mol. The van der Waals surface area contributed by atoms with Crippen LogP contribution < -0.4 is 4.74 Å². The lowest BCUT2D eigenvalue weighted by Crippen LogP contribution is -2.11. The molecule has 0 atom stereocenters. The predicted octanol–water partition coefficient (Wildman–Crippen LogP) is 5.97. The Morgan fingerprint density at radius 2 is 1.39 bits per heavy atom. The summed E-state index contributed by atoms with van der Waals surface area (Å²) in [6.07, 6.45) is -10.3. The molecule has 2 rings (SSSR count). The molecule has 28 heavy (non-hydrogen) atoms. The largest absolute Gasteiger partial charge is 0.462 e. The van der Waals surface area contributed by atoms with E-state index in [0.29, 0.717) is 12.1 Å². The maximum atomic E-state index is 14.0. The van der Waals surface area contributed by atoms with Gasteiger partial charge in [-0.15, -0.1) is 0 Å². The number of halogens is 8. The quantitative estimate of drug-likeness (QED) is 0.457. The second kappa shape index (κ2) is 7.64. The Morgan fingerprint density at radius 3 is 1.86 bits per heavy atom. The zero-order valence-corrected chi connectivity index (χ0v) is 13.8. The third kappa shape index (κ3) is 4.90. The van der Waals surface area contributed by atoms with Crippen LogP contribution in [0.5, 0.6) is 11.5 Å². The van der Waals surface area contributed by atoms with Crippen LogP contribution in [0.15, 0.2) is 30.3 Å². The number of ether oxygens (including phenoxy) is 2. The van der Waals surface area contributed by atoms with Crippen LogP contribution >= 0.6 is 0 Å². The Balaban J connectivity index is 2.48. The van der Waals surface area contributed by atoms with Gasteiger partial charge in [0, 0.05) is 6.07 Å². The molecule has 0 aliphatic carbocycles. The number of hydrogen-bond donors (Lipinski definition) is 0. The first-order chi connectivity index (χ1) is 12.8. The van der Waals surface area contributed by atoms with Crippen LogP contribution in [-0.2, 0) is 17.1 Å². The maximum Gasteiger partial charge on any atom is 0.416 e. The van der Waals surface area contributed by atoms with Crippen molar-refractivity contribution >= 4 is 5.97 Å². The fraction of sp³-hybridized carbons (Fsp3) is 0.235. The van der Waals surface area contributed by atoms with Gasteiger partial charge in [0.1, 0.15) is 11.6 Å². The number of hydrogen-bond acceptors (Lipinski definition) is 3. The van der Waals surface area contributed by atoms with Crippen LogP contribution in [0.25, 0.3) is 0 Å². The van der Waals surface area contributed by atoms with E-state index in [1.807, 2.05) is 0 Å². The smallest absolute Gasteiger partial charge is 0.416 e. The molecule has 0 spiro atoms. The zero-order valence-electron chi connectivity index (χ0n) is 13.8. The number of esters is 1. The first-order valence-corrected chi connectivity index (χ1v) is 7.46. The van der Waals surface area contributed by atoms with Crippen LogP contribution in [0, 0.1) is 11.6 Å². The molecule has 0 saturated carbocycles. The van der Waals surface area contributed by atoms with E-state index in [0.717, 1.165) is 0 Å². The van der Waals surface area contributed by atoms with Crippen LogP contribution in [0.1, 0.15) is 28.4 Å². The molecule has 0 amide bonds. The molecule has 2 aromatic carbocycles. The number of carbonyl (C=O) groups excluding carboxylic acids is 1. The Bertz CT molecular complexity index is 855. The van der Waals surface area contributed by atoms with Crippen molar-refractivity contribution in [3.63, 3.8) is 0 Å². The second-order valence-electron chi connectivity index (χ2n) is 5.33. The summed E-state index contributed by atoms with van der Waals surface area (Å²) in [6, 6.07) is 0.932. The van der Waals surface area contributed by atoms with E-state index >= 15 is 0 Å². The second-order valence-corrected chi connectivity index (χ2v) is 5.33. The van der Waals surface area contributed by atoms with Crippen molar-refractivity contribution in [3.8, 4) is 11.5 Å². The van der Waals surface area contributed by atoms with Gasteiger partial charge in [0.2, 0.25) is 0 Å². The first-order valence-electron chi connectivity index (χ1n) is 7.46. The highest BCUT2D eigenvalue weighted by molar-refractivity contribution is 5.89. The Kier molecular flexibility index (Phi) is 5.86. The molecule has 0 aliphatic heterocycles. The number of benzene rings is 2. The van der Waals surface area contributed by atoms with Gasteiger partial charge in [-0.05, 0) is 31.2 Å². The molecule has 3 nitrogen and oxygen atoms in total. The Morgan fingerprint density at radius 1 is 0.857 bits per heavy atom. The van der Waals surface area contributed by atoms with Gasteiger partial charge in [-0.1, -0.05) is 0 Å². The van der Waals surface area contributed by atoms with Gasteiger partial charge in [-0.25, -0.2) is 13.6 Å². The topological polar surface area (TPSA) is 35.5 Å². The van der Waals surface area contributed by atoms with Crippen molar-refractivity contribution in [1.82, 2.24) is 0 Å². The van der Waals surface area contributed by atoms with Crippen LogP contribution in [0.3, 0.4) is 0 Å². The molecule has 0 radical (unpaired) electrons. The molecule has 11 heteroatoms. The summed E-state index contributed by atoms with van der Waals surface area (Å²) in [4.78, 5) is 11.5. The maximum absolute atomic E-state index is 14.0.